The van der Waals surface area contributed by atoms with E-state index in [2.05, 4.69) is 9.97 Å². The Kier molecular flexibility index (Phi) is 3.09. The molecule has 0 bridgehead atoms. The molecule has 2 aromatic heterocycles. The number of ketones is 1. The Hall–Kier alpha value is -2.07. The van der Waals surface area contributed by atoms with E-state index in [4.69, 9.17) is 0 Å². The Morgan fingerprint density at radius 3 is 2.95 bits per heavy atom. The highest BCUT2D eigenvalue weighted by Gasteiger charge is 2.10. The molecule has 0 aliphatic carbocycles. The molecular formula is C15H12N2OS. The van der Waals surface area contributed by atoms with E-state index in [9.17, 15) is 4.79 Å². The van der Waals surface area contributed by atoms with Gasteiger partial charge in [-0.2, -0.15) is 0 Å². The van der Waals surface area contributed by atoms with Crippen LogP contribution < -0.4 is 0 Å². The first-order valence-electron chi connectivity index (χ1n) is 6.01. The van der Waals surface area contributed by atoms with Gasteiger partial charge in [-0.1, -0.05) is 18.2 Å². The summed E-state index contributed by atoms with van der Waals surface area (Å²) in [5, 5.41) is 3.91. The van der Waals surface area contributed by atoms with Crippen molar-refractivity contribution in [2.45, 2.75) is 13.3 Å². The summed E-state index contributed by atoms with van der Waals surface area (Å²) in [6.45, 7) is 1.94. The number of carbonyl (C=O) groups is 1. The Balaban J connectivity index is 1.89. The molecule has 0 saturated heterocycles. The number of benzene rings is 1. The minimum atomic E-state index is 0.0588. The molecule has 0 atom stereocenters. The van der Waals surface area contributed by atoms with Crippen molar-refractivity contribution in [1.82, 2.24) is 9.97 Å². The monoisotopic (exact) mass is 268 g/mol. The smallest absolute Gasteiger partial charge is 0.170 e. The fraction of sp³-hybridized carbons (Fsp3) is 0.133. The number of aryl methyl sites for hydroxylation is 1. The number of aromatic nitrogens is 2. The molecule has 94 valence electrons. The number of hydrogen-bond acceptors (Lipinski definition) is 4. The molecule has 3 rings (SSSR count). The van der Waals surface area contributed by atoms with Crippen LogP contribution in [0.2, 0.25) is 0 Å². The van der Waals surface area contributed by atoms with Crippen LogP contribution in [0.5, 0.6) is 0 Å². The van der Waals surface area contributed by atoms with E-state index in [1.165, 1.54) is 0 Å². The number of nitrogens with zero attached hydrogens (tertiary/aromatic N) is 2. The van der Waals surface area contributed by atoms with Crippen molar-refractivity contribution in [3.05, 3.63) is 58.2 Å². The molecule has 2 heterocycles. The van der Waals surface area contributed by atoms with Gasteiger partial charge in [0, 0.05) is 22.5 Å². The van der Waals surface area contributed by atoms with Crippen LogP contribution >= 0.6 is 11.3 Å². The summed E-state index contributed by atoms with van der Waals surface area (Å²) in [6.07, 6.45) is 1.98. The average Bonchev–Trinajstić information content (AvgIpc) is 2.83. The van der Waals surface area contributed by atoms with Crippen LogP contribution in [-0.2, 0) is 6.42 Å². The largest absolute Gasteiger partial charge is 0.294 e. The second-order valence-electron chi connectivity index (χ2n) is 4.37. The van der Waals surface area contributed by atoms with Crippen LogP contribution in [0.3, 0.4) is 0 Å². The summed E-state index contributed by atoms with van der Waals surface area (Å²) in [5.41, 5.74) is 2.38. The minimum Gasteiger partial charge on any atom is -0.294 e. The lowest BCUT2D eigenvalue weighted by Crippen LogP contribution is -2.04. The number of pyridine rings is 1. The summed E-state index contributed by atoms with van der Waals surface area (Å²) in [5.74, 6) is 0.0588. The molecule has 0 saturated carbocycles. The second-order valence-corrected chi connectivity index (χ2v) is 5.44. The average molecular weight is 268 g/mol. The van der Waals surface area contributed by atoms with Crippen LogP contribution in [0.1, 0.15) is 21.1 Å². The topological polar surface area (TPSA) is 42.9 Å². The highest BCUT2D eigenvalue weighted by Crippen LogP contribution is 2.15. The van der Waals surface area contributed by atoms with E-state index in [-0.39, 0.29) is 5.78 Å². The quantitative estimate of drug-likeness (QED) is 0.683. The number of Topliss-reactive ketones (excluding diaryl/α,β-unsaturated/α-hetero) is 1. The van der Waals surface area contributed by atoms with E-state index >= 15 is 0 Å². The molecule has 0 fully saturated rings. The van der Waals surface area contributed by atoms with E-state index in [1.807, 2.05) is 42.6 Å². The second kappa shape index (κ2) is 4.90. The minimum absolute atomic E-state index is 0.0588. The van der Waals surface area contributed by atoms with Crippen LogP contribution in [0, 0.1) is 6.92 Å². The van der Waals surface area contributed by atoms with Gasteiger partial charge in [-0.3, -0.25) is 9.78 Å². The van der Waals surface area contributed by atoms with Crippen LogP contribution in [-0.4, -0.2) is 15.8 Å². The van der Waals surface area contributed by atoms with Gasteiger partial charge in [0.25, 0.3) is 0 Å². The molecule has 0 aliphatic rings. The van der Waals surface area contributed by atoms with Crippen molar-refractivity contribution < 1.29 is 4.79 Å². The van der Waals surface area contributed by atoms with Crippen LogP contribution in [0.25, 0.3) is 10.9 Å². The van der Waals surface area contributed by atoms with Gasteiger partial charge in [-0.05, 0) is 19.1 Å². The predicted molar refractivity (Wildman–Crippen MR) is 76.6 cm³/mol. The first kappa shape index (κ1) is 12.0. The normalized spacial score (nSPS) is 10.8. The summed E-state index contributed by atoms with van der Waals surface area (Å²) in [6, 6.07) is 9.68. The van der Waals surface area contributed by atoms with Gasteiger partial charge in [-0.25, -0.2) is 4.98 Å². The van der Waals surface area contributed by atoms with Crippen molar-refractivity contribution in [2.75, 3.05) is 0 Å². The van der Waals surface area contributed by atoms with Crippen molar-refractivity contribution in [3.63, 3.8) is 0 Å². The number of thiazole rings is 1. The molecule has 1 aromatic carbocycles. The Bertz CT molecular complexity index is 748. The third-order valence-corrected chi connectivity index (χ3v) is 3.74. The SMILES string of the molecule is Cc1nc(CC(=O)c2cnc3ccccc3c2)cs1. The van der Waals surface area contributed by atoms with Gasteiger partial charge in [0.15, 0.2) is 5.78 Å². The van der Waals surface area contributed by atoms with Gasteiger partial charge in [-0.15, -0.1) is 11.3 Å². The van der Waals surface area contributed by atoms with Crippen molar-refractivity contribution >= 4 is 28.0 Å². The summed E-state index contributed by atoms with van der Waals surface area (Å²) in [7, 11) is 0. The molecule has 0 aliphatic heterocycles. The molecule has 0 unspecified atom stereocenters. The van der Waals surface area contributed by atoms with Crippen molar-refractivity contribution in [1.29, 1.82) is 0 Å². The van der Waals surface area contributed by atoms with Gasteiger partial charge in [0.1, 0.15) is 0 Å². The molecular weight excluding hydrogens is 256 g/mol. The number of para-hydroxylation sites is 1. The highest BCUT2D eigenvalue weighted by atomic mass is 32.1. The molecule has 0 amide bonds. The summed E-state index contributed by atoms with van der Waals surface area (Å²) in [4.78, 5) is 20.8. The zero-order valence-electron chi connectivity index (χ0n) is 10.5. The van der Waals surface area contributed by atoms with E-state index in [0.29, 0.717) is 12.0 Å². The Morgan fingerprint density at radius 1 is 1.32 bits per heavy atom. The standard InChI is InChI=1S/C15H12N2OS/c1-10-17-13(9-19-10)7-15(18)12-6-11-4-2-3-5-14(11)16-8-12/h2-6,8-9H,7H2,1H3. The van der Waals surface area contributed by atoms with Crippen molar-refractivity contribution in [3.8, 4) is 0 Å². The fourth-order valence-electron chi connectivity index (χ4n) is 1.98. The van der Waals surface area contributed by atoms with Gasteiger partial charge in [0.05, 0.1) is 22.6 Å². The molecule has 3 aromatic rings. The third-order valence-electron chi connectivity index (χ3n) is 2.92. The third kappa shape index (κ3) is 2.53. The lowest BCUT2D eigenvalue weighted by Gasteiger charge is -2.01. The zero-order valence-corrected chi connectivity index (χ0v) is 11.3. The number of fused-ring (bicyclic) bond motifs is 1. The number of rotatable bonds is 3. The van der Waals surface area contributed by atoms with Crippen LogP contribution in [0.4, 0.5) is 0 Å². The Labute approximate surface area is 115 Å². The lowest BCUT2D eigenvalue weighted by atomic mass is 10.1. The van der Waals surface area contributed by atoms with E-state index < -0.39 is 0 Å². The first-order valence-corrected chi connectivity index (χ1v) is 6.89. The van der Waals surface area contributed by atoms with E-state index in [1.54, 1.807) is 17.5 Å². The molecule has 3 nitrogen and oxygen atoms in total. The van der Waals surface area contributed by atoms with Crippen molar-refractivity contribution in [2.24, 2.45) is 0 Å². The predicted octanol–water partition coefficient (Wildman–Crippen LogP) is 3.43. The lowest BCUT2D eigenvalue weighted by molar-refractivity contribution is 0.0992. The fourth-order valence-corrected chi connectivity index (χ4v) is 2.59. The van der Waals surface area contributed by atoms with Gasteiger partial charge >= 0.3 is 0 Å². The molecule has 19 heavy (non-hydrogen) atoms. The maximum absolute atomic E-state index is 12.2. The van der Waals surface area contributed by atoms with Gasteiger partial charge < -0.3 is 0 Å². The molecule has 0 N–H and O–H groups in total. The number of hydrogen-bond donors (Lipinski definition) is 0. The summed E-state index contributed by atoms with van der Waals surface area (Å²) >= 11 is 1.57. The molecule has 0 spiro atoms. The van der Waals surface area contributed by atoms with E-state index in [0.717, 1.165) is 21.6 Å². The Morgan fingerprint density at radius 2 is 2.16 bits per heavy atom. The molecule has 0 radical (unpaired) electrons. The number of carbonyl (C=O) groups excluding carboxylic acids is 1. The maximum Gasteiger partial charge on any atom is 0.170 e. The zero-order chi connectivity index (χ0) is 13.2. The van der Waals surface area contributed by atoms with Crippen LogP contribution in [0.15, 0.2) is 41.9 Å². The maximum atomic E-state index is 12.2. The highest BCUT2D eigenvalue weighted by molar-refractivity contribution is 7.09. The summed E-state index contributed by atoms with van der Waals surface area (Å²) < 4.78 is 0. The first-order chi connectivity index (χ1) is 9.22. The van der Waals surface area contributed by atoms with Gasteiger partial charge in [0.2, 0.25) is 0 Å². The molecule has 4 heteroatoms.